The Morgan fingerprint density at radius 1 is 1.28 bits per heavy atom. The Hall–Kier alpha value is -1.02. The Balaban J connectivity index is 2.00. The molecule has 2 nitrogen and oxygen atoms in total. The fraction of sp³-hybridized carbons (Fsp3) is 0.625. The van der Waals surface area contributed by atoms with Crippen LogP contribution in [0, 0.1) is 11.3 Å². The van der Waals surface area contributed by atoms with Crippen molar-refractivity contribution in [2.75, 3.05) is 18.5 Å². The van der Waals surface area contributed by atoms with Gasteiger partial charge in [0.05, 0.1) is 0 Å². The van der Waals surface area contributed by atoms with Gasteiger partial charge in [-0.05, 0) is 42.7 Å². The van der Waals surface area contributed by atoms with Crippen LogP contribution in [-0.2, 0) is 0 Å². The normalized spacial score (nSPS) is 26.9. The van der Waals surface area contributed by atoms with Crippen molar-refractivity contribution in [2.24, 2.45) is 17.1 Å². The molecule has 0 spiro atoms. The van der Waals surface area contributed by atoms with E-state index in [-0.39, 0.29) is 0 Å². The van der Waals surface area contributed by atoms with E-state index in [2.05, 4.69) is 56.1 Å². The van der Waals surface area contributed by atoms with Gasteiger partial charge in [-0.25, -0.2) is 0 Å². The van der Waals surface area contributed by atoms with Crippen molar-refractivity contribution in [2.45, 2.75) is 39.2 Å². The minimum absolute atomic E-state index is 0.365. The van der Waals surface area contributed by atoms with Crippen molar-refractivity contribution in [3.05, 3.63) is 30.3 Å². The van der Waals surface area contributed by atoms with Crippen LogP contribution in [0.4, 0.5) is 5.69 Å². The summed E-state index contributed by atoms with van der Waals surface area (Å²) in [6.07, 6.45) is 3.67. The summed E-state index contributed by atoms with van der Waals surface area (Å²) < 4.78 is 0. The number of hydrogen-bond acceptors (Lipinski definition) is 2. The van der Waals surface area contributed by atoms with Crippen LogP contribution < -0.4 is 10.6 Å². The van der Waals surface area contributed by atoms with Crippen LogP contribution in [0.2, 0.25) is 0 Å². The van der Waals surface area contributed by atoms with Gasteiger partial charge < -0.3 is 10.6 Å². The van der Waals surface area contributed by atoms with Gasteiger partial charge in [-0.15, -0.1) is 0 Å². The highest BCUT2D eigenvalue weighted by Gasteiger charge is 2.33. The van der Waals surface area contributed by atoms with Gasteiger partial charge >= 0.3 is 0 Å². The predicted molar refractivity (Wildman–Crippen MR) is 78.8 cm³/mol. The average Bonchev–Trinajstić information content (AvgIpc) is 2.35. The Kier molecular flexibility index (Phi) is 3.96. The molecule has 2 rings (SSSR count). The predicted octanol–water partition coefficient (Wildman–Crippen LogP) is 3.28. The molecule has 100 valence electrons. The first-order chi connectivity index (χ1) is 8.48. The first-order valence-electron chi connectivity index (χ1n) is 7.00. The Morgan fingerprint density at radius 2 is 1.94 bits per heavy atom. The fourth-order valence-electron chi connectivity index (χ4n) is 3.10. The van der Waals surface area contributed by atoms with E-state index in [1.807, 2.05) is 0 Å². The van der Waals surface area contributed by atoms with E-state index in [4.69, 9.17) is 5.73 Å². The molecule has 18 heavy (non-hydrogen) atoms. The van der Waals surface area contributed by atoms with E-state index >= 15 is 0 Å². The molecule has 0 bridgehead atoms. The quantitative estimate of drug-likeness (QED) is 0.887. The maximum atomic E-state index is 6.30. The molecule has 1 fully saturated rings. The minimum atomic E-state index is 0.365. The zero-order chi connectivity index (χ0) is 13.2. The van der Waals surface area contributed by atoms with Crippen LogP contribution >= 0.6 is 0 Å². The molecule has 0 aromatic heterocycles. The fourth-order valence-corrected chi connectivity index (χ4v) is 3.10. The van der Waals surface area contributed by atoms with Gasteiger partial charge in [0.15, 0.2) is 0 Å². The smallest absolute Gasteiger partial charge is 0.0363 e. The topological polar surface area (TPSA) is 29.3 Å². The lowest BCUT2D eigenvalue weighted by atomic mass is 9.70. The highest BCUT2D eigenvalue weighted by molar-refractivity contribution is 5.45. The van der Waals surface area contributed by atoms with E-state index < -0.39 is 0 Å². The second-order valence-corrected chi connectivity index (χ2v) is 6.55. The van der Waals surface area contributed by atoms with Gasteiger partial charge in [-0.2, -0.15) is 0 Å². The third kappa shape index (κ3) is 3.26. The molecule has 0 heterocycles. The highest BCUT2D eigenvalue weighted by Crippen LogP contribution is 2.38. The molecule has 1 aliphatic carbocycles. The van der Waals surface area contributed by atoms with Crippen LogP contribution in [0.3, 0.4) is 0 Å². The molecule has 0 amide bonds. The molecule has 2 unspecified atom stereocenters. The molecule has 1 aromatic rings. The molecule has 0 aliphatic heterocycles. The largest absolute Gasteiger partial charge is 0.374 e. The average molecular weight is 246 g/mol. The minimum Gasteiger partial charge on any atom is -0.374 e. The molecular weight excluding hydrogens is 220 g/mol. The number of nitrogens with zero attached hydrogens (tertiary/aromatic N) is 1. The maximum absolute atomic E-state index is 6.30. The third-order valence-electron chi connectivity index (χ3n) is 4.28. The lowest BCUT2D eigenvalue weighted by molar-refractivity contribution is 0.161. The molecule has 1 aliphatic rings. The summed E-state index contributed by atoms with van der Waals surface area (Å²) in [5, 5.41) is 0. The summed E-state index contributed by atoms with van der Waals surface area (Å²) in [5.41, 5.74) is 8.04. The Bertz CT molecular complexity index is 372. The zero-order valence-corrected chi connectivity index (χ0v) is 11.9. The van der Waals surface area contributed by atoms with E-state index in [0.29, 0.717) is 17.4 Å². The molecule has 2 N–H and O–H groups in total. The lowest BCUT2D eigenvalue weighted by Crippen LogP contribution is -2.44. The van der Waals surface area contributed by atoms with Gasteiger partial charge in [0.25, 0.3) is 0 Å². The summed E-state index contributed by atoms with van der Waals surface area (Å²) in [6.45, 7) is 5.80. The molecule has 0 radical (unpaired) electrons. The van der Waals surface area contributed by atoms with Gasteiger partial charge in [0, 0.05) is 25.3 Å². The lowest BCUT2D eigenvalue weighted by Gasteiger charge is -2.41. The van der Waals surface area contributed by atoms with Crippen LogP contribution in [-0.4, -0.2) is 19.6 Å². The summed E-state index contributed by atoms with van der Waals surface area (Å²) in [6, 6.07) is 10.9. The molecule has 1 saturated carbocycles. The van der Waals surface area contributed by atoms with E-state index in [9.17, 15) is 0 Å². The molecule has 0 saturated heterocycles. The monoisotopic (exact) mass is 246 g/mol. The van der Waals surface area contributed by atoms with Crippen molar-refractivity contribution in [1.29, 1.82) is 0 Å². The van der Waals surface area contributed by atoms with Crippen LogP contribution in [0.25, 0.3) is 0 Å². The first-order valence-corrected chi connectivity index (χ1v) is 7.00. The van der Waals surface area contributed by atoms with Gasteiger partial charge in [-0.1, -0.05) is 32.0 Å². The summed E-state index contributed by atoms with van der Waals surface area (Å²) >= 11 is 0. The SMILES string of the molecule is CN(CC1CC(C)(C)CCC1N)c1ccccc1. The zero-order valence-electron chi connectivity index (χ0n) is 11.9. The van der Waals surface area contributed by atoms with E-state index in [0.717, 1.165) is 6.54 Å². The highest BCUT2D eigenvalue weighted by atomic mass is 15.1. The number of anilines is 1. The Morgan fingerprint density at radius 3 is 2.61 bits per heavy atom. The molecule has 1 aromatic carbocycles. The number of hydrogen-bond donors (Lipinski definition) is 1. The van der Waals surface area contributed by atoms with Crippen molar-refractivity contribution in [3.63, 3.8) is 0 Å². The summed E-state index contributed by atoms with van der Waals surface area (Å²) in [5.74, 6) is 0.610. The van der Waals surface area contributed by atoms with Crippen LogP contribution in [0.5, 0.6) is 0 Å². The van der Waals surface area contributed by atoms with Crippen molar-refractivity contribution >= 4 is 5.69 Å². The first kappa shape index (κ1) is 13.4. The van der Waals surface area contributed by atoms with Crippen LogP contribution in [0.1, 0.15) is 33.1 Å². The number of para-hydroxylation sites is 1. The maximum Gasteiger partial charge on any atom is 0.0363 e. The second-order valence-electron chi connectivity index (χ2n) is 6.55. The number of rotatable bonds is 3. The van der Waals surface area contributed by atoms with E-state index in [1.165, 1.54) is 24.9 Å². The molecular formula is C16H26N2. The van der Waals surface area contributed by atoms with E-state index in [1.54, 1.807) is 0 Å². The Labute approximate surface area is 111 Å². The van der Waals surface area contributed by atoms with Gasteiger partial charge in [-0.3, -0.25) is 0 Å². The molecule has 2 heteroatoms. The summed E-state index contributed by atoms with van der Waals surface area (Å²) in [4.78, 5) is 2.34. The summed E-state index contributed by atoms with van der Waals surface area (Å²) in [7, 11) is 2.17. The standard InChI is InChI=1S/C16H26N2/c1-16(2)10-9-15(17)13(11-16)12-18(3)14-7-5-4-6-8-14/h4-8,13,15H,9-12,17H2,1-3H3. The van der Waals surface area contributed by atoms with Crippen molar-refractivity contribution in [3.8, 4) is 0 Å². The van der Waals surface area contributed by atoms with Crippen molar-refractivity contribution < 1.29 is 0 Å². The van der Waals surface area contributed by atoms with Gasteiger partial charge in [0.1, 0.15) is 0 Å². The third-order valence-corrected chi connectivity index (χ3v) is 4.28. The molecule has 2 atom stereocenters. The van der Waals surface area contributed by atoms with Crippen molar-refractivity contribution in [1.82, 2.24) is 0 Å². The second kappa shape index (κ2) is 5.31. The van der Waals surface area contributed by atoms with Crippen LogP contribution in [0.15, 0.2) is 30.3 Å². The van der Waals surface area contributed by atoms with Gasteiger partial charge in [0.2, 0.25) is 0 Å². The number of nitrogens with two attached hydrogens (primary N) is 1. The number of benzene rings is 1.